The fourth-order valence-electron chi connectivity index (χ4n) is 2.87. The molecule has 1 atom stereocenters. The molecule has 3 nitrogen and oxygen atoms in total. The van der Waals surface area contributed by atoms with Crippen molar-refractivity contribution in [1.82, 2.24) is 4.90 Å². The number of aliphatic carboxylic acids is 1. The van der Waals surface area contributed by atoms with E-state index < -0.39 is 5.97 Å². The van der Waals surface area contributed by atoms with E-state index in [1.54, 1.807) is 11.3 Å². The third-order valence-electron chi connectivity index (χ3n) is 4.00. The highest BCUT2D eigenvalue weighted by atomic mass is 32.1. The van der Waals surface area contributed by atoms with Gasteiger partial charge >= 0.3 is 5.97 Å². The zero-order valence-electron chi connectivity index (χ0n) is 11.9. The predicted octanol–water partition coefficient (Wildman–Crippen LogP) is 3.71. The molecule has 1 unspecified atom stereocenters. The molecule has 1 aromatic heterocycles. The monoisotopic (exact) mass is 301 g/mol. The van der Waals surface area contributed by atoms with Crippen molar-refractivity contribution in [2.45, 2.75) is 19.4 Å². The maximum Gasteiger partial charge on any atom is 0.307 e. The van der Waals surface area contributed by atoms with Crippen molar-refractivity contribution in [2.75, 3.05) is 13.1 Å². The van der Waals surface area contributed by atoms with Crippen LogP contribution in [0.4, 0.5) is 0 Å². The van der Waals surface area contributed by atoms with Gasteiger partial charge in [-0.25, -0.2) is 0 Å². The molecule has 0 amide bonds. The highest BCUT2D eigenvalue weighted by Gasteiger charge is 2.25. The van der Waals surface area contributed by atoms with Gasteiger partial charge in [0.25, 0.3) is 0 Å². The van der Waals surface area contributed by atoms with Crippen LogP contribution in [0.25, 0.3) is 11.1 Å². The van der Waals surface area contributed by atoms with Crippen LogP contribution in [0.3, 0.4) is 0 Å². The summed E-state index contributed by atoms with van der Waals surface area (Å²) in [5.41, 5.74) is 2.49. The van der Waals surface area contributed by atoms with Crippen molar-refractivity contribution < 1.29 is 9.90 Å². The van der Waals surface area contributed by atoms with Crippen molar-refractivity contribution in [3.8, 4) is 11.1 Å². The zero-order valence-corrected chi connectivity index (χ0v) is 12.7. The fraction of sp³-hybridized carbons (Fsp3) is 0.353. The van der Waals surface area contributed by atoms with E-state index in [0.29, 0.717) is 6.54 Å². The minimum atomic E-state index is -0.657. The summed E-state index contributed by atoms with van der Waals surface area (Å²) in [6.45, 7) is 2.54. The first kappa shape index (κ1) is 14.3. The summed E-state index contributed by atoms with van der Waals surface area (Å²) in [5.74, 6) is -0.858. The highest BCUT2D eigenvalue weighted by molar-refractivity contribution is 7.10. The van der Waals surface area contributed by atoms with Crippen LogP contribution in [0.2, 0.25) is 0 Å². The molecular formula is C17H19NO2S. The normalized spacial score (nSPS) is 19.5. The maximum atomic E-state index is 11.1. The van der Waals surface area contributed by atoms with Gasteiger partial charge < -0.3 is 5.11 Å². The van der Waals surface area contributed by atoms with Crippen molar-refractivity contribution in [1.29, 1.82) is 0 Å². The van der Waals surface area contributed by atoms with Crippen LogP contribution in [0.5, 0.6) is 0 Å². The Labute approximate surface area is 128 Å². The largest absolute Gasteiger partial charge is 0.481 e. The van der Waals surface area contributed by atoms with Gasteiger partial charge in [0.1, 0.15) is 0 Å². The number of hydrogen-bond acceptors (Lipinski definition) is 3. The second kappa shape index (κ2) is 6.41. The number of carboxylic acid groups (broad SMARTS) is 1. The molecule has 0 bridgehead atoms. The quantitative estimate of drug-likeness (QED) is 0.936. The summed E-state index contributed by atoms with van der Waals surface area (Å²) in [6.07, 6.45) is 1.79. The number of likely N-dealkylation sites (tertiary alicyclic amines) is 1. The van der Waals surface area contributed by atoms with E-state index >= 15 is 0 Å². The van der Waals surface area contributed by atoms with E-state index in [0.717, 1.165) is 25.9 Å². The average Bonchev–Trinajstić information content (AvgIpc) is 2.97. The van der Waals surface area contributed by atoms with Crippen molar-refractivity contribution in [2.24, 2.45) is 5.92 Å². The van der Waals surface area contributed by atoms with Crippen molar-refractivity contribution in [3.63, 3.8) is 0 Å². The number of thiophene rings is 1. The average molecular weight is 301 g/mol. The smallest absolute Gasteiger partial charge is 0.307 e. The Morgan fingerprint density at radius 3 is 2.86 bits per heavy atom. The predicted molar refractivity (Wildman–Crippen MR) is 85.4 cm³/mol. The summed E-state index contributed by atoms with van der Waals surface area (Å²) < 4.78 is 0. The summed E-state index contributed by atoms with van der Waals surface area (Å²) in [6, 6.07) is 12.6. The van der Waals surface area contributed by atoms with Crippen LogP contribution in [0.1, 0.15) is 17.7 Å². The first-order chi connectivity index (χ1) is 10.2. The Bertz CT molecular complexity index is 608. The molecule has 1 saturated heterocycles. The van der Waals surface area contributed by atoms with Crippen molar-refractivity contribution in [3.05, 3.63) is 46.7 Å². The van der Waals surface area contributed by atoms with Crippen LogP contribution >= 0.6 is 11.3 Å². The molecule has 4 heteroatoms. The molecule has 3 rings (SSSR count). The van der Waals surface area contributed by atoms with Crippen LogP contribution in [0.15, 0.2) is 41.8 Å². The number of hydrogen-bond donors (Lipinski definition) is 1. The molecule has 1 N–H and O–H groups in total. The van der Waals surface area contributed by atoms with Gasteiger partial charge in [-0.05, 0) is 42.0 Å². The van der Waals surface area contributed by atoms with Gasteiger partial charge in [0.15, 0.2) is 0 Å². The molecule has 2 heterocycles. The molecule has 0 aliphatic carbocycles. The lowest BCUT2D eigenvalue weighted by atomic mass is 9.98. The van der Waals surface area contributed by atoms with Gasteiger partial charge in [-0.1, -0.05) is 30.3 Å². The highest BCUT2D eigenvalue weighted by Crippen LogP contribution is 2.27. The molecule has 0 saturated carbocycles. The van der Waals surface area contributed by atoms with E-state index in [4.69, 9.17) is 5.11 Å². The lowest BCUT2D eigenvalue weighted by Crippen LogP contribution is -2.37. The molecule has 1 aliphatic heterocycles. The summed E-state index contributed by atoms with van der Waals surface area (Å²) >= 11 is 1.76. The van der Waals surface area contributed by atoms with E-state index in [-0.39, 0.29) is 5.92 Å². The third kappa shape index (κ3) is 3.52. The Kier molecular flexibility index (Phi) is 4.36. The van der Waals surface area contributed by atoms with Crippen LogP contribution in [-0.2, 0) is 11.3 Å². The first-order valence-electron chi connectivity index (χ1n) is 7.30. The van der Waals surface area contributed by atoms with E-state index in [9.17, 15) is 4.79 Å². The zero-order chi connectivity index (χ0) is 14.7. The lowest BCUT2D eigenvalue weighted by Gasteiger charge is -2.30. The van der Waals surface area contributed by atoms with Crippen LogP contribution in [-0.4, -0.2) is 29.1 Å². The number of rotatable bonds is 4. The third-order valence-corrected chi connectivity index (χ3v) is 4.92. The first-order valence-corrected chi connectivity index (χ1v) is 8.18. The molecule has 0 spiro atoms. The van der Waals surface area contributed by atoms with Gasteiger partial charge in [0.2, 0.25) is 0 Å². The number of carbonyl (C=O) groups is 1. The SMILES string of the molecule is O=C(O)C1CCCN(Cc2cc(-c3ccccc3)cs2)C1. The summed E-state index contributed by atoms with van der Waals surface area (Å²) in [4.78, 5) is 14.7. The Morgan fingerprint density at radius 1 is 1.29 bits per heavy atom. The number of nitrogens with zero attached hydrogens (tertiary/aromatic N) is 1. The van der Waals surface area contributed by atoms with Gasteiger partial charge in [-0.2, -0.15) is 0 Å². The van der Waals surface area contributed by atoms with E-state index in [2.05, 4.69) is 40.6 Å². The molecule has 1 aliphatic rings. The number of piperidine rings is 1. The van der Waals surface area contributed by atoms with E-state index in [1.165, 1.54) is 16.0 Å². The minimum absolute atomic E-state index is 0.202. The molecular weight excluding hydrogens is 282 g/mol. The fourth-order valence-corrected chi connectivity index (χ4v) is 3.80. The molecule has 21 heavy (non-hydrogen) atoms. The maximum absolute atomic E-state index is 11.1. The molecule has 2 aromatic rings. The molecule has 1 aromatic carbocycles. The number of benzene rings is 1. The Balaban J connectivity index is 1.66. The van der Waals surface area contributed by atoms with Gasteiger partial charge in [-0.3, -0.25) is 9.69 Å². The number of carboxylic acids is 1. The van der Waals surface area contributed by atoms with E-state index in [1.807, 2.05) is 6.07 Å². The minimum Gasteiger partial charge on any atom is -0.481 e. The van der Waals surface area contributed by atoms with Gasteiger partial charge in [0.05, 0.1) is 5.92 Å². The molecule has 0 radical (unpaired) electrons. The van der Waals surface area contributed by atoms with Crippen molar-refractivity contribution >= 4 is 17.3 Å². The molecule has 1 fully saturated rings. The second-order valence-electron chi connectivity index (χ2n) is 5.58. The van der Waals surface area contributed by atoms with Crippen LogP contribution < -0.4 is 0 Å². The Hall–Kier alpha value is -1.65. The summed E-state index contributed by atoms with van der Waals surface area (Å²) in [5, 5.41) is 11.3. The van der Waals surface area contributed by atoms with Crippen LogP contribution in [0, 0.1) is 5.92 Å². The van der Waals surface area contributed by atoms with Gasteiger partial charge in [-0.15, -0.1) is 11.3 Å². The lowest BCUT2D eigenvalue weighted by molar-refractivity contribution is -0.143. The van der Waals surface area contributed by atoms with Gasteiger partial charge in [0, 0.05) is 18.0 Å². The molecule has 110 valence electrons. The Morgan fingerprint density at radius 2 is 2.10 bits per heavy atom. The standard InChI is InChI=1S/C17H19NO2S/c19-17(20)14-7-4-8-18(10-14)11-16-9-15(12-21-16)13-5-2-1-3-6-13/h1-3,5-6,9,12,14H,4,7-8,10-11H2,(H,19,20). The second-order valence-corrected chi connectivity index (χ2v) is 6.58. The summed E-state index contributed by atoms with van der Waals surface area (Å²) in [7, 11) is 0. The topological polar surface area (TPSA) is 40.5 Å².